The first-order valence-electron chi connectivity index (χ1n) is 7.55. The lowest BCUT2D eigenvalue weighted by Gasteiger charge is -2.11. The van der Waals surface area contributed by atoms with E-state index in [9.17, 15) is 9.59 Å². The number of amides is 2. The molecule has 0 atom stereocenters. The quantitative estimate of drug-likeness (QED) is 0.793. The van der Waals surface area contributed by atoms with Crippen LogP contribution in [0.5, 0.6) is 11.5 Å². The van der Waals surface area contributed by atoms with Crippen LogP contribution in [-0.2, 0) is 11.3 Å². The summed E-state index contributed by atoms with van der Waals surface area (Å²) in [4.78, 5) is 23.8. The molecule has 2 amide bonds. The Bertz CT molecular complexity index is 764. The second kappa shape index (κ2) is 8.94. The molecule has 0 unspecified atom stereocenters. The van der Waals surface area contributed by atoms with E-state index in [4.69, 9.17) is 21.1 Å². The van der Waals surface area contributed by atoms with Gasteiger partial charge in [0.1, 0.15) is 0 Å². The van der Waals surface area contributed by atoms with Crippen LogP contribution in [0, 0.1) is 0 Å². The molecule has 2 aromatic rings. The Kier molecular flexibility index (Phi) is 6.65. The first-order chi connectivity index (χ1) is 12.0. The van der Waals surface area contributed by atoms with Crippen molar-refractivity contribution in [3.63, 3.8) is 0 Å². The van der Waals surface area contributed by atoms with Crippen molar-refractivity contribution in [2.24, 2.45) is 0 Å². The standard InChI is InChI=1S/C18H19ClN2O4/c1-24-15-7-6-12(8-16(15)25-2)10-20-17(22)11-21-18(23)13-4-3-5-14(19)9-13/h3-9H,10-11H2,1-2H3,(H,20,22)(H,21,23). The molecule has 0 aromatic heterocycles. The minimum Gasteiger partial charge on any atom is -0.493 e. The molecule has 0 radical (unpaired) electrons. The molecule has 0 aliphatic rings. The third-order valence-corrected chi connectivity index (χ3v) is 3.67. The summed E-state index contributed by atoms with van der Waals surface area (Å²) < 4.78 is 10.4. The average molecular weight is 363 g/mol. The summed E-state index contributed by atoms with van der Waals surface area (Å²) in [5, 5.41) is 5.74. The van der Waals surface area contributed by atoms with Crippen molar-refractivity contribution in [1.82, 2.24) is 10.6 Å². The van der Waals surface area contributed by atoms with Crippen LogP contribution in [0.4, 0.5) is 0 Å². The molecule has 0 bridgehead atoms. The van der Waals surface area contributed by atoms with Crippen molar-refractivity contribution >= 4 is 23.4 Å². The van der Waals surface area contributed by atoms with Crippen molar-refractivity contribution in [3.8, 4) is 11.5 Å². The fraction of sp³-hybridized carbons (Fsp3) is 0.222. The van der Waals surface area contributed by atoms with Crippen LogP contribution in [0.25, 0.3) is 0 Å². The van der Waals surface area contributed by atoms with Gasteiger partial charge in [-0.1, -0.05) is 23.7 Å². The SMILES string of the molecule is COc1ccc(CNC(=O)CNC(=O)c2cccc(Cl)c2)cc1OC. The molecular weight excluding hydrogens is 344 g/mol. The van der Waals surface area contributed by atoms with Gasteiger partial charge in [-0.15, -0.1) is 0 Å². The number of ether oxygens (including phenoxy) is 2. The predicted octanol–water partition coefficient (Wildman–Crippen LogP) is 2.40. The molecular formula is C18H19ClN2O4. The van der Waals surface area contributed by atoms with E-state index in [0.717, 1.165) is 5.56 Å². The summed E-state index contributed by atoms with van der Waals surface area (Å²) in [5.74, 6) is 0.545. The Morgan fingerprint density at radius 3 is 2.44 bits per heavy atom. The normalized spacial score (nSPS) is 10.0. The maximum absolute atomic E-state index is 11.9. The number of rotatable bonds is 7. The number of benzene rings is 2. The third-order valence-electron chi connectivity index (χ3n) is 3.43. The summed E-state index contributed by atoms with van der Waals surface area (Å²) in [6.07, 6.45) is 0. The smallest absolute Gasteiger partial charge is 0.251 e. The lowest BCUT2D eigenvalue weighted by Crippen LogP contribution is -2.36. The Hall–Kier alpha value is -2.73. The zero-order valence-electron chi connectivity index (χ0n) is 14.0. The Balaban J connectivity index is 1.83. The second-order valence-corrected chi connectivity index (χ2v) is 5.60. The largest absolute Gasteiger partial charge is 0.493 e. The fourth-order valence-electron chi connectivity index (χ4n) is 2.15. The minimum atomic E-state index is -0.358. The van der Waals surface area contributed by atoms with Gasteiger partial charge < -0.3 is 20.1 Å². The van der Waals surface area contributed by atoms with Gasteiger partial charge in [-0.2, -0.15) is 0 Å². The van der Waals surface area contributed by atoms with E-state index in [1.807, 2.05) is 6.07 Å². The molecule has 0 fully saturated rings. The lowest BCUT2D eigenvalue weighted by molar-refractivity contribution is -0.120. The Morgan fingerprint density at radius 1 is 1.00 bits per heavy atom. The van der Waals surface area contributed by atoms with Crippen molar-refractivity contribution in [2.45, 2.75) is 6.54 Å². The minimum absolute atomic E-state index is 0.126. The zero-order chi connectivity index (χ0) is 18.2. The summed E-state index contributed by atoms with van der Waals surface area (Å²) in [6, 6.07) is 11.9. The number of nitrogens with one attached hydrogen (secondary N) is 2. The van der Waals surface area contributed by atoms with Crippen LogP contribution in [0.15, 0.2) is 42.5 Å². The van der Waals surface area contributed by atoms with Crippen LogP contribution in [-0.4, -0.2) is 32.6 Å². The molecule has 2 rings (SSSR count). The maximum atomic E-state index is 11.9. The van der Waals surface area contributed by atoms with Crippen LogP contribution >= 0.6 is 11.6 Å². The van der Waals surface area contributed by atoms with Crippen LogP contribution < -0.4 is 20.1 Å². The molecule has 25 heavy (non-hydrogen) atoms. The number of hydrogen-bond donors (Lipinski definition) is 2. The maximum Gasteiger partial charge on any atom is 0.251 e. The molecule has 2 N–H and O–H groups in total. The molecule has 0 aliphatic carbocycles. The van der Waals surface area contributed by atoms with Crippen molar-refractivity contribution in [2.75, 3.05) is 20.8 Å². The molecule has 0 heterocycles. The highest BCUT2D eigenvalue weighted by molar-refractivity contribution is 6.30. The lowest BCUT2D eigenvalue weighted by atomic mass is 10.2. The monoisotopic (exact) mass is 362 g/mol. The van der Waals surface area contributed by atoms with Gasteiger partial charge in [-0.25, -0.2) is 0 Å². The first-order valence-corrected chi connectivity index (χ1v) is 7.92. The van der Waals surface area contributed by atoms with Gasteiger partial charge >= 0.3 is 0 Å². The van der Waals surface area contributed by atoms with Crippen molar-refractivity contribution in [3.05, 3.63) is 58.6 Å². The summed E-state index contributed by atoms with van der Waals surface area (Å²) in [7, 11) is 3.10. The van der Waals surface area contributed by atoms with Gasteiger partial charge in [0, 0.05) is 17.1 Å². The molecule has 6 nitrogen and oxygen atoms in total. The Labute approximate surface area is 151 Å². The zero-order valence-corrected chi connectivity index (χ0v) is 14.7. The molecule has 2 aromatic carbocycles. The molecule has 0 saturated heterocycles. The van der Waals surface area contributed by atoms with Gasteiger partial charge in [0.05, 0.1) is 20.8 Å². The van der Waals surface area contributed by atoms with E-state index < -0.39 is 0 Å². The first kappa shape index (κ1) is 18.6. The van der Waals surface area contributed by atoms with E-state index in [0.29, 0.717) is 28.6 Å². The third kappa shape index (κ3) is 5.39. The fourth-order valence-corrected chi connectivity index (χ4v) is 2.34. The molecule has 0 saturated carbocycles. The molecule has 7 heteroatoms. The highest BCUT2D eigenvalue weighted by atomic mass is 35.5. The Morgan fingerprint density at radius 2 is 1.76 bits per heavy atom. The molecule has 0 aliphatic heterocycles. The predicted molar refractivity (Wildman–Crippen MR) is 95.2 cm³/mol. The van der Waals surface area contributed by atoms with Gasteiger partial charge in [-0.05, 0) is 35.9 Å². The van der Waals surface area contributed by atoms with E-state index in [1.165, 1.54) is 0 Å². The van der Waals surface area contributed by atoms with Gasteiger partial charge in [-0.3, -0.25) is 9.59 Å². The van der Waals surface area contributed by atoms with Gasteiger partial charge in [0.2, 0.25) is 5.91 Å². The number of carbonyl (C=O) groups is 2. The molecule has 0 spiro atoms. The average Bonchev–Trinajstić information content (AvgIpc) is 2.64. The second-order valence-electron chi connectivity index (χ2n) is 5.16. The van der Waals surface area contributed by atoms with E-state index in [-0.39, 0.29) is 18.4 Å². The van der Waals surface area contributed by atoms with Crippen LogP contribution in [0.2, 0.25) is 5.02 Å². The number of halogens is 1. The van der Waals surface area contributed by atoms with E-state index >= 15 is 0 Å². The van der Waals surface area contributed by atoms with Gasteiger partial charge in [0.25, 0.3) is 5.91 Å². The van der Waals surface area contributed by atoms with Gasteiger partial charge in [0.15, 0.2) is 11.5 Å². The van der Waals surface area contributed by atoms with E-state index in [2.05, 4.69) is 10.6 Å². The van der Waals surface area contributed by atoms with Crippen LogP contribution in [0.3, 0.4) is 0 Å². The summed E-state index contributed by atoms with van der Waals surface area (Å²) >= 11 is 5.84. The highest BCUT2D eigenvalue weighted by Gasteiger charge is 2.09. The summed E-state index contributed by atoms with van der Waals surface area (Å²) in [6.45, 7) is 0.185. The highest BCUT2D eigenvalue weighted by Crippen LogP contribution is 2.27. The summed E-state index contributed by atoms with van der Waals surface area (Å²) in [5.41, 5.74) is 1.26. The topological polar surface area (TPSA) is 76.7 Å². The van der Waals surface area contributed by atoms with E-state index in [1.54, 1.807) is 50.6 Å². The number of methoxy groups -OCH3 is 2. The molecule has 132 valence electrons. The van der Waals surface area contributed by atoms with Crippen molar-refractivity contribution < 1.29 is 19.1 Å². The van der Waals surface area contributed by atoms with Crippen LogP contribution in [0.1, 0.15) is 15.9 Å². The number of hydrogen-bond acceptors (Lipinski definition) is 4. The van der Waals surface area contributed by atoms with Crippen molar-refractivity contribution in [1.29, 1.82) is 0 Å². The number of carbonyl (C=O) groups excluding carboxylic acids is 2.